The van der Waals surface area contributed by atoms with E-state index in [2.05, 4.69) is 15.3 Å². The van der Waals surface area contributed by atoms with Gasteiger partial charge in [0.1, 0.15) is 5.56 Å². The summed E-state index contributed by atoms with van der Waals surface area (Å²) in [4.78, 5) is 9.32. The van der Waals surface area contributed by atoms with E-state index >= 15 is 0 Å². The van der Waals surface area contributed by atoms with Crippen molar-refractivity contribution in [3.8, 4) is 0 Å². The van der Waals surface area contributed by atoms with E-state index in [4.69, 9.17) is 11.6 Å². The first-order chi connectivity index (χ1) is 12.8. The number of hydrogen-bond donors (Lipinski definition) is 1. The van der Waals surface area contributed by atoms with Crippen LogP contribution in [0, 0.1) is 6.92 Å². The van der Waals surface area contributed by atoms with E-state index in [0.29, 0.717) is 10.7 Å². The molecule has 0 unspecified atom stereocenters. The first-order valence-corrected chi connectivity index (χ1v) is 8.39. The molecule has 2 aromatic carbocycles. The molecule has 0 aliphatic rings. The molecule has 0 fully saturated rings. The minimum absolute atomic E-state index is 0.0770. The van der Waals surface area contributed by atoms with Crippen LogP contribution in [-0.4, -0.2) is 17.0 Å². The summed E-state index contributed by atoms with van der Waals surface area (Å²) < 4.78 is 40.4. The van der Waals surface area contributed by atoms with Crippen molar-refractivity contribution in [3.63, 3.8) is 0 Å². The van der Waals surface area contributed by atoms with Gasteiger partial charge in [-0.15, -0.1) is 0 Å². The number of nitrogens with one attached hydrogen (secondary N) is 1. The molecule has 4 nitrogen and oxygen atoms in total. The smallest absolute Gasteiger partial charge is 0.329 e. The quantitative estimate of drug-likeness (QED) is 0.594. The van der Waals surface area contributed by atoms with Gasteiger partial charge in [-0.05, 0) is 42.8 Å². The lowest BCUT2D eigenvalue weighted by Crippen LogP contribution is -2.19. The number of aromatic nitrogens is 2. The van der Waals surface area contributed by atoms with E-state index in [-0.39, 0.29) is 11.8 Å². The molecule has 1 aromatic heterocycles. The second-order valence-corrected chi connectivity index (χ2v) is 6.34. The van der Waals surface area contributed by atoms with Gasteiger partial charge in [-0.3, -0.25) is 0 Å². The molecule has 0 saturated carbocycles. The van der Waals surface area contributed by atoms with Crippen molar-refractivity contribution >= 4 is 34.7 Å². The fraction of sp³-hybridized carbons (Fsp3) is 0.158. The number of hydrogen-bond acceptors (Lipinski definition) is 4. The van der Waals surface area contributed by atoms with Crippen molar-refractivity contribution in [1.29, 1.82) is 0 Å². The minimum Gasteiger partial charge on any atom is -0.329 e. The Balaban J connectivity index is 2.03. The molecule has 0 aliphatic heterocycles. The Kier molecular flexibility index (Phi) is 5.23. The van der Waals surface area contributed by atoms with Gasteiger partial charge in [0.15, 0.2) is 5.82 Å². The fourth-order valence-corrected chi connectivity index (χ4v) is 2.64. The summed E-state index contributed by atoms with van der Waals surface area (Å²) in [6, 6.07) is 13.8. The van der Waals surface area contributed by atoms with Gasteiger partial charge < -0.3 is 10.2 Å². The van der Waals surface area contributed by atoms with Crippen LogP contribution < -0.4 is 10.2 Å². The summed E-state index contributed by atoms with van der Waals surface area (Å²) in [6.07, 6.45) is -3.80. The first kappa shape index (κ1) is 19.0. The van der Waals surface area contributed by atoms with Gasteiger partial charge >= 0.3 is 6.18 Å². The molecule has 0 spiro atoms. The summed E-state index contributed by atoms with van der Waals surface area (Å²) in [5, 5.41) is 3.46. The third-order valence-corrected chi connectivity index (χ3v) is 4.25. The summed E-state index contributed by atoms with van der Waals surface area (Å²) >= 11 is 5.86. The molecule has 0 amide bonds. The highest BCUT2D eigenvalue weighted by molar-refractivity contribution is 6.30. The molecule has 0 saturated heterocycles. The molecule has 140 valence electrons. The Morgan fingerprint density at radius 1 is 1.04 bits per heavy atom. The zero-order valence-corrected chi connectivity index (χ0v) is 15.3. The van der Waals surface area contributed by atoms with E-state index in [1.807, 2.05) is 25.1 Å². The van der Waals surface area contributed by atoms with Crippen LogP contribution in [-0.2, 0) is 6.18 Å². The number of halogens is 4. The monoisotopic (exact) mass is 392 g/mol. The topological polar surface area (TPSA) is 41.1 Å². The summed E-state index contributed by atoms with van der Waals surface area (Å²) in [7, 11) is 1.51. The summed E-state index contributed by atoms with van der Waals surface area (Å²) in [6.45, 7) is 1.88. The number of anilines is 4. The third-order valence-electron chi connectivity index (χ3n) is 4.00. The van der Waals surface area contributed by atoms with Gasteiger partial charge in [0.2, 0.25) is 5.95 Å². The maximum Gasteiger partial charge on any atom is 0.421 e. The Labute approximate surface area is 159 Å². The van der Waals surface area contributed by atoms with Crippen LogP contribution in [0.25, 0.3) is 0 Å². The molecule has 1 N–H and O–H groups in total. The van der Waals surface area contributed by atoms with Crippen LogP contribution in [0.4, 0.5) is 36.3 Å². The molecule has 1 heterocycles. The van der Waals surface area contributed by atoms with Crippen molar-refractivity contribution in [1.82, 2.24) is 9.97 Å². The molecular formula is C19H16ClF3N4. The van der Waals surface area contributed by atoms with Crippen molar-refractivity contribution in [2.45, 2.75) is 13.1 Å². The Hall–Kier alpha value is -2.80. The van der Waals surface area contributed by atoms with Crippen LogP contribution in [0.5, 0.6) is 0 Å². The van der Waals surface area contributed by atoms with Crippen molar-refractivity contribution < 1.29 is 13.2 Å². The van der Waals surface area contributed by atoms with E-state index in [1.54, 1.807) is 30.3 Å². The number of nitrogens with zero attached hydrogens (tertiary/aromatic N) is 3. The van der Waals surface area contributed by atoms with Crippen LogP contribution in [0.1, 0.15) is 11.1 Å². The highest BCUT2D eigenvalue weighted by atomic mass is 35.5. The molecule has 0 radical (unpaired) electrons. The molecule has 3 aromatic rings. The second kappa shape index (κ2) is 7.44. The standard InChI is InChI=1S/C19H16ClF3N4/c1-12-5-3-4-6-16(12)25-18-24-11-15(19(21,22)23)17(26-18)27(2)14-9-7-13(20)8-10-14/h3-11H,1-2H3,(H,24,25,26). The van der Waals surface area contributed by atoms with Gasteiger partial charge in [0.25, 0.3) is 0 Å². The van der Waals surface area contributed by atoms with Crippen LogP contribution >= 0.6 is 11.6 Å². The Morgan fingerprint density at radius 3 is 2.33 bits per heavy atom. The zero-order valence-electron chi connectivity index (χ0n) is 14.5. The summed E-state index contributed by atoms with van der Waals surface area (Å²) in [5.41, 5.74) is 1.24. The first-order valence-electron chi connectivity index (χ1n) is 8.02. The molecule has 0 atom stereocenters. The molecule has 0 bridgehead atoms. The molecule has 3 rings (SSSR count). The Bertz CT molecular complexity index is 942. The van der Waals surface area contributed by atoms with E-state index in [1.165, 1.54) is 11.9 Å². The Morgan fingerprint density at radius 2 is 1.70 bits per heavy atom. The van der Waals surface area contributed by atoms with Crippen molar-refractivity contribution in [2.75, 3.05) is 17.3 Å². The maximum absolute atomic E-state index is 13.5. The lowest BCUT2D eigenvalue weighted by atomic mass is 10.2. The van der Waals surface area contributed by atoms with E-state index in [9.17, 15) is 13.2 Å². The number of alkyl halides is 3. The average Bonchev–Trinajstić information content (AvgIpc) is 2.63. The molecule has 8 heteroatoms. The zero-order chi connectivity index (χ0) is 19.6. The number of benzene rings is 2. The van der Waals surface area contributed by atoms with Gasteiger partial charge in [-0.2, -0.15) is 18.2 Å². The van der Waals surface area contributed by atoms with Crippen LogP contribution in [0.3, 0.4) is 0 Å². The highest BCUT2D eigenvalue weighted by Gasteiger charge is 2.36. The normalized spacial score (nSPS) is 11.3. The van der Waals surface area contributed by atoms with E-state index in [0.717, 1.165) is 17.4 Å². The van der Waals surface area contributed by atoms with E-state index < -0.39 is 11.7 Å². The number of rotatable bonds is 4. The minimum atomic E-state index is -4.59. The number of aryl methyl sites for hydroxylation is 1. The van der Waals surface area contributed by atoms with Gasteiger partial charge in [0.05, 0.1) is 0 Å². The van der Waals surface area contributed by atoms with Crippen LogP contribution in [0.2, 0.25) is 5.02 Å². The molecule has 0 aliphatic carbocycles. The fourth-order valence-electron chi connectivity index (χ4n) is 2.51. The second-order valence-electron chi connectivity index (χ2n) is 5.90. The predicted octanol–water partition coefficient (Wildman–Crippen LogP) is 5.97. The average molecular weight is 393 g/mol. The molecular weight excluding hydrogens is 377 g/mol. The summed E-state index contributed by atoms with van der Waals surface area (Å²) in [5.74, 6) is -0.177. The number of para-hydroxylation sites is 1. The van der Waals surface area contributed by atoms with Gasteiger partial charge in [-0.25, -0.2) is 4.98 Å². The lowest BCUT2D eigenvalue weighted by Gasteiger charge is -2.23. The van der Waals surface area contributed by atoms with Crippen LogP contribution in [0.15, 0.2) is 54.7 Å². The lowest BCUT2D eigenvalue weighted by molar-refractivity contribution is -0.137. The predicted molar refractivity (Wildman–Crippen MR) is 101 cm³/mol. The molecule has 27 heavy (non-hydrogen) atoms. The third kappa shape index (κ3) is 4.31. The largest absolute Gasteiger partial charge is 0.421 e. The van der Waals surface area contributed by atoms with Crippen molar-refractivity contribution in [3.05, 3.63) is 70.9 Å². The van der Waals surface area contributed by atoms with Crippen molar-refractivity contribution in [2.24, 2.45) is 0 Å². The highest BCUT2D eigenvalue weighted by Crippen LogP contribution is 2.38. The maximum atomic E-state index is 13.5. The SMILES string of the molecule is Cc1ccccc1Nc1ncc(C(F)(F)F)c(N(C)c2ccc(Cl)cc2)n1. The van der Waals surface area contributed by atoms with Gasteiger partial charge in [0, 0.05) is 29.6 Å². The van der Waals surface area contributed by atoms with Gasteiger partial charge in [-0.1, -0.05) is 29.8 Å².